The zero-order valence-corrected chi connectivity index (χ0v) is 11.6. The molecule has 98 valence electrons. The highest BCUT2D eigenvalue weighted by Gasteiger charge is 2.19. The van der Waals surface area contributed by atoms with Gasteiger partial charge in [0.25, 0.3) is 0 Å². The van der Waals surface area contributed by atoms with Crippen LogP contribution >= 0.6 is 15.9 Å². The summed E-state index contributed by atoms with van der Waals surface area (Å²) in [5.74, 6) is 0.119. The topological polar surface area (TPSA) is 88.4 Å². The van der Waals surface area contributed by atoms with Crippen LogP contribution in [0.5, 0.6) is 0 Å². The van der Waals surface area contributed by atoms with Crippen molar-refractivity contribution in [3.63, 3.8) is 0 Å². The first-order valence-electron chi connectivity index (χ1n) is 5.17. The van der Waals surface area contributed by atoms with Crippen LogP contribution in [-0.4, -0.2) is 36.5 Å². The summed E-state index contributed by atoms with van der Waals surface area (Å²) in [7, 11) is 3.20. The van der Waals surface area contributed by atoms with E-state index >= 15 is 0 Å². The molecule has 0 unspecified atom stereocenters. The summed E-state index contributed by atoms with van der Waals surface area (Å²) in [5.41, 5.74) is -0.0937. The van der Waals surface area contributed by atoms with Crippen molar-refractivity contribution in [3.05, 3.63) is 26.9 Å². The van der Waals surface area contributed by atoms with Crippen LogP contribution in [0.4, 0.5) is 11.5 Å². The van der Waals surface area contributed by atoms with Crippen LogP contribution in [0.1, 0.15) is 6.42 Å². The van der Waals surface area contributed by atoms with Crippen LogP contribution in [0.2, 0.25) is 0 Å². The molecule has 18 heavy (non-hydrogen) atoms. The summed E-state index contributed by atoms with van der Waals surface area (Å²) >= 11 is 3.14. The summed E-state index contributed by atoms with van der Waals surface area (Å²) in [4.78, 5) is 27.1. The zero-order chi connectivity index (χ0) is 13.7. The van der Waals surface area contributed by atoms with Crippen LogP contribution < -0.4 is 10.2 Å². The molecule has 7 nitrogen and oxygen atoms in total. The molecule has 0 radical (unpaired) electrons. The van der Waals surface area contributed by atoms with Crippen LogP contribution in [0.3, 0.4) is 0 Å². The Bertz CT molecular complexity index is 466. The Morgan fingerprint density at radius 2 is 2.33 bits per heavy atom. The Labute approximate surface area is 112 Å². The highest BCUT2D eigenvalue weighted by atomic mass is 79.9. The third kappa shape index (κ3) is 3.66. The molecule has 0 aliphatic carbocycles. The van der Waals surface area contributed by atoms with E-state index in [1.807, 2.05) is 0 Å². The van der Waals surface area contributed by atoms with E-state index in [2.05, 4.69) is 26.2 Å². The van der Waals surface area contributed by atoms with Gasteiger partial charge in [-0.1, -0.05) is 0 Å². The van der Waals surface area contributed by atoms with Crippen LogP contribution in [0.15, 0.2) is 16.7 Å². The third-order valence-electron chi connectivity index (χ3n) is 2.33. The molecule has 8 heteroatoms. The monoisotopic (exact) mass is 316 g/mol. The molecule has 1 heterocycles. The van der Waals surface area contributed by atoms with E-state index in [-0.39, 0.29) is 23.8 Å². The van der Waals surface area contributed by atoms with E-state index in [1.54, 1.807) is 19.0 Å². The molecule has 0 atom stereocenters. The third-order valence-corrected chi connectivity index (χ3v) is 2.76. The number of hydrogen-bond donors (Lipinski definition) is 1. The molecule has 1 rings (SSSR count). The van der Waals surface area contributed by atoms with E-state index in [1.165, 1.54) is 12.3 Å². The van der Waals surface area contributed by atoms with E-state index in [0.717, 1.165) is 0 Å². The van der Waals surface area contributed by atoms with Crippen molar-refractivity contribution in [1.29, 1.82) is 0 Å². The lowest BCUT2D eigenvalue weighted by molar-refractivity contribution is -0.384. The van der Waals surface area contributed by atoms with Gasteiger partial charge in [0, 0.05) is 43.8 Å². The molecular weight excluding hydrogens is 304 g/mol. The van der Waals surface area contributed by atoms with Crippen molar-refractivity contribution in [2.24, 2.45) is 0 Å². The molecule has 1 aromatic heterocycles. The summed E-state index contributed by atoms with van der Waals surface area (Å²) in [6.45, 7) is 0.356. The molecule has 1 N–H and O–H groups in total. The van der Waals surface area contributed by atoms with Gasteiger partial charge in [-0.15, -0.1) is 0 Å². The van der Waals surface area contributed by atoms with Crippen LogP contribution in [0, 0.1) is 10.1 Å². The molecule has 0 saturated carbocycles. The Morgan fingerprint density at radius 1 is 1.67 bits per heavy atom. The number of aromatic nitrogens is 1. The maximum absolute atomic E-state index is 11.1. The predicted molar refractivity (Wildman–Crippen MR) is 70.5 cm³/mol. The van der Waals surface area contributed by atoms with E-state index in [4.69, 9.17) is 0 Å². The zero-order valence-electron chi connectivity index (χ0n) is 10.0. The molecule has 0 bridgehead atoms. The Morgan fingerprint density at radius 3 is 2.89 bits per heavy atom. The second kappa shape index (κ2) is 6.29. The molecule has 0 aliphatic heterocycles. The van der Waals surface area contributed by atoms with Crippen LogP contribution in [-0.2, 0) is 4.79 Å². The molecule has 1 amide bonds. The number of anilines is 1. The highest BCUT2D eigenvalue weighted by Crippen LogP contribution is 2.27. The fourth-order valence-electron chi connectivity index (χ4n) is 1.35. The van der Waals surface area contributed by atoms with Gasteiger partial charge in [-0.25, -0.2) is 4.98 Å². The second-order valence-corrected chi connectivity index (χ2v) is 4.51. The highest BCUT2D eigenvalue weighted by molar-refractivity contribution is 9.10. The molecular formula is C10H13BrN4O3. The maximum atomic E-state index is 11.1. The first-order chi connectivity index (χ1) is 8.45. The number of nitrogens with zero attached hydrogens (tertiary/aromatic N) is 3. The lowest BCUT2D eigenvalue weighted by Crippen LogP contribution is -2.27. The lowest BCUT2D eigenvalue weighted by atomic mass is 10.3. The minimum Gasteiger partial charge on any atom is -0.359 e. The van der Waals surface area contributed by atoms with Crippen molar-refractivity contribution in [2.45, 2.75) is 6.42 Å². The number of halogens is 1. The Hall–Kier alpha value is -1.70. The van der Waals surface area contributed by atoms with Gasteiger partial charge in [0.2, 0.25) is 11.7 Å². The number of carbonyl (C=O) groups excluding carboxylic acids is 1. The smallest absolute Gasteiger partial charge is 0.312 e. The fraction of sp³-hybridized carbons (Fsp3) is 0.400. The van der Waals surface area contributed by atoms with E-state index in [9.17, 15) is 14.9 Å². The maximum Gasteiger partial charge on any atom is 0.312 e. The van der Waals surface area contributed by atoms with Crippen LogP contribution in [0.25, 0.3) is 0 Å². The van der Waals surface area contributed by atoms with Crippen molar-refractivity contribution in [1.82, 2.24) is 10.3 Å². The molecule has 1 aromatic rings. The lowest BCUT2D eigenvalue weighted by Gasteiger charge is -2.17. The van der Waals surface area contributed by atoms with Gasteiger partial charge in [-0.05, 0) is 15.9 Å². The number of rotatable bonds is 5. The fourth-order valence-corrected chi connectivity index (χ4v) is 1.67. The van der Waals surface area contributed by atoms with Crippen molar-refractivity contribution < 1.29 is 9.72 Å². The van der Waals surface area contributed by atoms with Gasteiger partial charge >= 0.3 is 5.69 Å². The Balaban J connectivity index is 2.88. The summed E-state index contributed by atoms with van der Waals surface area (Å²) in [5, 5.41) is 13.4. The number of hydrogen-bond acceptors (Lipinski definition) is 5. The van der Waals surface area contributed by atoms with Gasteiger partial charge in [-0.2, -0.15) is 0 Å². The molecule has 0 spiro atoms. The van der Waals surface area contributed by atoms with Gasteiger partial charge in [0.1, 0.15) is 0 Å². The SMILES string of the molecule is CNC(=O)CCN(C)c1ncc(Br)cc1[N+](=O)[O-]. The number of pyridine rings is 1. The Kier molecular flexibility index (Phi) is 5.02. The van der Waals surface area contributed by atoms with E-state index in [0.29, 0.717) is 11.0 Å². The van der Waals surface area contributed by atoms with Gasteiger partial charge in [-0.3, -0.25) is 14.9 Å². The molecule has 0 fully saturated rings. The quantitative estimate of drug-likeness (QED) is 0.654. The number of nitro groups is 1. The summed E-state index contributed by atoms with van der Waals surface area (Å²) in [6, 6.07) is 1.39. The van der Waals surface area contributed by atoms with Gasteiger partial charge < -0.3 is 10.2 Å². The van der Waals surface area contributed by atoms with Gasteiger partial charge in [0.05, 0.1) is 4.92 Å². The van der Waals surface area contributed by atoms with Crippen molar-refractivity contribution in [3.8, 4) is 0 Å². The largest absolute Gasteiger partial charge is 0.359 e. The molecule has 0 aromatic carbocycles. The second-order valence-electron chi connectivity index (χ2n) is 3.60. The minimum absolute atomic E-state index is 0.0937. The molecule has 0 saturated heterocycles. The first kappa shape index (κ1) is 14.4. The standard InChI is InChI=1S/C10H13BrN4O3/c1-12-9(16)3-4-14(2)10-8(15(17)18)5-7(11)6-13-10/h5-6H,3-4H2,1-2H3,(H,12,16). The number of amides is 1. The van der Waals surface area contributed by atoms with E-state index < -0.39 is 4.92 Å². The number of nitrogens with one attached hydrogen (secondary N) is 1. The summed E-state index contributed by atoms with van der Waals surface area (Å²) in [6.07, 6.45) is 1.74. The van der Waals surface area contributed by atoms with Crippen molar-refractivity contribution >= 4 is 33.3 Å². The minimum atomic E-state index is -0.497. The predicted octanol–water partition coefficient (Wildman–Crippen LogP) is 1.32. The molecule has 0 aliphatic rings. The van der Waals surface area contributed by atoms with Crippen molar-refractivity contribution in [2.75, 3.05) is 25.5 Å². The van der Waals surface area contributed by atoms with Gasteiger partial charge in [0.15, 0.2) is 0 Å². The number of carbonyl (C=O) groups is 1. The average molecular weight is 317 g/mol. The average Bonchev–Trinajstić information content (AvgIpc) is 2.35. The first-order valence-corrected chi connectivity index (χ1v) is 5.96. The normalized spacial score (nSPS) is 9.94. The summed E-state index contributed by atoms with van der Waals surface area (Å²) < 4.78 is 0.539.